The van der Waals surface area contributed by atoms with Gasteiger partial charge < -0.3 is 24.2 Å². The van der Waals surface area contributed by atoms with Gasteiger partial charge in [0.15, 0.2) is 5.78 Å². The third-order valence-electron chi connectivity index (χ3n) is 7.98. The fourth-order valence-corrected chi connectivity index (χ4v) is 5.62. The van der Waals surface area contributed by atoms with Crippen LogP contribution in [-0.2, 0) is 17.8 Å². The van der Waals surface area contributed by atoms with Crippen LogP contribution in [-0.4, -0.2) is 95.2 Å². The molecule has 0 spiro atoms. The van der Waals surface area contributed by atoms with E-state index in [1.807, 2.05) is 47.6 Å². The van der Waals surface area contributed by atoms with Gasteiger partial charge in [0, 0.05) is 75.1 Å². The van der Waals surface area contributed by atoms with Crippen LogP contribution in [0.2, 0.25) is 0 Å². The van der Waals surface area contributed by atoms with Crippen LogP contribution in [0.4, 0.5) is 5.69 Å². The number of rotatable bonds is 8. The molecular weight excluding hydrogens is 518 g/mol. The average molecular weight is 554 g/mol. The molecule has 4 heterocycles. The third kappa shape index (κ3) is 6.17. The Labute approximate surface area is 239 Å². The summed E-state index contributed by atoms with van der Waals surface area (Å²) < 4.78 is 7.54. The Morgan fingerprint density at radius 1 is 0.829 bits per heavy atom. The number of ketones is 1. The molecule has 0 saturated carbocycles. The topological polar surface area (TPSA) is 91.1 Å². The molecule has 2 aromatic carbocycles. The maximum atomic E-state index is 13.3. The first-order chi connectivity index (χ1) is 20.1. The Balaban J connectivity index is 1.06. The van der Waals surface area contributed by atoms with E-state index in [4.69, 9.17) is 14.8 Å². The number of carbonyl (C=O) groups excluding carboxylic acids is 2. The van der Waals surface area contributed by atoms with E-state index in [1.165, 1.54) is 0 Å². The molecule has 9 heteroatoms. The van der Waals surface area contributed by atoms with E-state index >= 15 is 0 Å². The van der Waals surface area contributed by atoms with Crippen LogP contribution in [0.15, 0.2) is 73.1 Å². The van der Waals surface area contributed by atoms with Crippen molar-refractivity contribution in [2.45, 2.75) is 13.1 Å². The molecule has 0 atom stereocenters. The second-order valence-corrected chi connectivity index (χ2v) is 10.7. The number of aliphatic hydroxyl groups is 1. The largest absolute Gasteiger partial charge is 0.388 e. The molecule has 2 aliphatic heterocycles. The number of anilines is 1. The van der Waals surface area contributed by atoms with Crippen LogP contribution in [0.5, 0.6) is 0 Å². The summed E-state index contributed by atoms with van der Waals surface area (Å²) in [5.41, 5.74) is 5.43. The van der Waals surface area contributed by atoms with Crippen LogP contribution in [0.1, 0.15) is 31.8 Å². The summed E-state index contributed by atoms with van der Waals surface area (Å²) >= 11 is 0. The van der Waals surface area contributed by atoms with E-state index in [9.17, 15) is 9.59 Å². The van der Waals surface area contributed by atoms with Gasteiger partial charge in [-0.25, -0.2) is 4.98 Å². The van der Waals surface area contributed by atoms with Crippen molar-refractivity contribution in [3.63, 3.8) is 0 Å². The maximum absolute atomic E-state index is 13.3. The molecule has 212 valence electrons. The molecule has 0 bridgehead atoms. The molecule has 41 heavy (non-hydrogen) atoms. The van der Waals surface area contributed by atoms with Crippen molar-refractivity contribution in [2.75, 3.05) is 64.0 Å². The minimum Gasteiger partial charge on any atom is -0.388 e. The molecule has 0 unspecified atom stereocenters. The number of hydrogen-bond donors (Lipinski definition) is 1. The van der Waals surface area contributed by atoms with Crippen molar-refractivity contribution in [2.24, 2.45) is 0 Å². The Morgan fingerprint density at radius 3 is 2.37 bits per heavy atom. The summed E-state index contributed by atoms with van der Waals surface area (Å²) in [6, 6.07) is 19.6. The standard InChI is InChI=1S/C32H35N5O4/c38-23-30(39)26-6-4-24(5-7-26)22-37-9-8-27-19-29(20-33-31(27)37)35-10-12-36(13-11-35)32(40)28-3-1-2-25(18-28)21-34-14-16-41-17-15-34/h1-9,18-20,38H,10-17,21-23H2. The number of carbonyl (C=O) groups is 2. The molecule has 6 rings (SSSR count). The molecule has 9 nitrogen and oxygen atoms in total. The SMILES string of the molecule is O=C(CO)c1ccc(Cn2ccc3cc(N4CCN(C(=O)c5cccc(CN6CCOCC6)c5)CC4)cnc32)cc1. The van der Waals surface area contributed by atoms with Gasteiger partial charge in [-0.05, 0) is 35.4 Å². The van der Waals surface area contributed by atoms with Crippen molar-refractivity contribution >= 4 is 28.4 Å². The number of pyridine rings is 1. The van der Waals surface area contributed by atoms with Crippen LogP contribution < -0.4 is 4.90 Å². The predicted molar refractivity (Wildman–Crippen MR) is 157 cm³/mol. The average Bonchev–Trinajstić information content (AvgIpc) is 3.43. The first-order valence-corrected chi connectivity index (χ1v) is 14.2. The van der Waals surface area contributed by atoms with Crippen LogP contribution >= 0.6 is 0 Å². The zero-order valence-corrected chi connectivity index (χ0v) is 23.1. The lowest BCUT2D eigenvalue weighted by atomic mass is 10.1. The van der Waals surface area contributed by atoms with Gasteiger partial charge in [0.05, 0.1) is 25.1 Å². The summed E-state index contributed by atoms with van der Waals surface area (Å²) in [6.07, 6.45) is 3.94. The van der Waals surface area contributed by atoms with Crippen molar-refractivity contribution in [1.82, 2.24) is 19.4 Å². The Kier molecular flexibility index (Phi) is 8.09. The fraction of sp³-hybridized carbons (Fsp3) is 0.344. The quantitative estimate of drug-likeness (QED) is 0.336. The highest BCUT2D eigenvalue weighted by atomic mass is 16.5. The van der Waals surface area contributed by atoms with Gasteiger partial charge >= 0.3 is 0 Å². The first-order valence-electron chi connectivity index (χ1n) is 14.2. The molecule has 4 aromatic rings. The van der Waals surface area contributed by atoms with Crippen LogP contribution in [0.3, 0.4) is 0 Å². The number of nitrogens with zero attached hydrogens (tertiary/aromatic N) is 5. The van der Waals surface area contributed by atoms with Crippen molar-refractivity contribution < 1.29 is 19.4 Å². The Morgan fingerprint density at radius 2 is 1.61 bits per heavy atom. The van der Waals surface area contributed by atoms with Gasteiger partial charge in [0.2, 0.25) is 0 Å². The Bertz CT molecular complexity index is 1520. The van der Waals surface area contributed by atoms with Crippen LogP contribution in [0.25, 0.3) is 11.0 Å². The second-order valence-electron chi connectivity index (χ2n) is 10.7. The van der Waals surface area contributed by atoms with Crippen molar-refractivity contribution in [3.05, 3.63) is 95.3 Å². The number of aliphatic hydroxyl groups excluding tert-OH is 1. The molecule has 2 saturated heterocycles. The summed E-state index contributed by atoms with van der Waals surface area (Å²) in [4.78, 5) is 36.4. The number of Topliss-reactive ketones (excluding diaryl/α,β-unsaturated/α-hetero) is 1. The molecule has 0 aliphatic carbocycles. The van der Waals surface area contributed by atoms with E-state index in [0.29, 0.717) is 25.2 Å². The normalized spacial score (nSPS) is 16.3. The highest BCUT2D eigenvalue weighted by Crippen LogP contribution is 2.24. The number of morpholine rings is 1. The van der Waals surface area contributed by atoms with Gasteiger partial charge in [-0.1, -0.05) is 36.4 Å². The number of piperazine rings is 1. The highest BCUT2D eigenvalue weighted by molar-refractivity contribution is 5.97. The van der Waals surface area contributed by atoms with E-state index in [-0.39, 0.29) is 11.7 Å². The number of amides is 1. The van der Waals surface area contributed by atoms with Gasteiger partial charge in [-0.2, -0.15) is 0 Å². The number of ether oxygens (including phenoxy) is 1. The second kappa shape index (κ2) is 12.2. The number of fused-ring (bicyclic) bond motifs is 1. The summed E-state index contributed by atoms with van der Waals surface area (Å²) in [5, 5.41) is 10.1. The number of hydrogen-bond acceptors (Lipinski definition) is 7. The molecule has 2 aromatic heterocycles. The molecular formula is C32H35N5O4. The first kappa shape index (κ1) is 27.1. The van der Waals surface area contributed by atoms with Gasteiger partial charge in [-0.3, -0.25) is 14.5 Å². The minimum absolute atomic E-state index is 0.0906. The maximum Gasteiger partial charge on any atom is 0.253 e. The van der Waals surface area contributed by atoms with Gasteiger partial charge in [-0.15, -0.1) is 0 Å². The molecule has 2 fully saturated rings. The van der Waals surface area contributed by atoms with Crippen molar-refractivity contribution in [3.8, 4) is 0 Å². The lowest BCUT2D eigenvalue weighted by Gasteiger charge is -2.36. The Hall–Kier alpha value is -4.05. The molecule has 0 radical (unpaired) electrons. The lowest BCUT2D eigenvalue weighted by molar-refractivity contribution is 0.0341. The predicted octanol–water partition coefficient (Wildman–Crippen LogP) is 3.05. The summed E-state index contributed by atoms with van der Waals surface area (Å²) in [5.74, 6) is -0.191. The van der Waals surface area contributed by atoms with E-state index in [1.54, 1.807) is 12.1 Å². The molecule has 1 amide bonds. The smallest absolute Gasteiger partial charge is 0.253 e. The molecule has 1 N–H and O–H groups in total. The summed E-state index contributed by atoms with van der Waals surface area (Å²) in [7, 11) is 0. The minimum atomic E-state index is -0.483. The molecule has 2 aliphatic rings. The van der Waals surface area contributed by atoms with Gasteiger partial charge in [0.25, 0.3) is 5.91 Å². The monoisotopic (exact) mass is 553 g/mol. The van der Waals surface area contributed by atoms with E-state index in [2.05, 4.69) is 32.6 Å². The number of benzene rings is 2. The van der Waals surface area contributed by atoms with Crippen LogP contribution in [0, 0.1) is 0 Å². The van der Waals surface area contributed by atoms with Crippen molar-refractivity contribution in [1.29, 1.82) is 0 Å². The van der Waals surface area contributed by atoms with E-state index < -0.39 is 6.61 Å². The highest BCUT2D eigenvalue weighted by Gasteiger charge is 2.23. The third-order valence-corrected chi connectivity index (χ3v) is 7.98. The van der Waals surface area contributed by atoms with E-state index in [0.717, 1.165) is 79.3 Å². The fourth-order valence-electron chi connectivity index (χ4n) is 5.62. The lowest BCUT2D eigenvalue weighted by Crippen LogP contribution is -2.48. The number of aromatic nitrogens is 2. The summed E-state index contributed by atoms with van der Waals surface area (Å²) in [6.45, 7) is 7.22. The zero-order chi connectivity index (χ0) is 28.2. The zero-order valence-electron chi connectivity index (χ0n) is 23.1. The van der Waals surface area contributed by atoms with Gasteiger partial charge in [0.1, 0.15) is 12.3 Å².